The standard InChI is InChI=1S/C11H11BrN2O4S/c12-9-1-3-10(4-2-9)19(16,17)14-7-5-11(15)18-8-6-13/h1-4,14H,5,7-8H2. The minimum Gasteiger partial charge on any atom is -0.450 e. The molecule has 0 heterocycles. The average molecular weight is 347 g/mol. The number of sulfonamides is 1. The van der Waals surface area contributed by atoms with Gasteiger partial charge < -0.3 is 4.74 Å². The number of carbonyl (C=O) groups is 1. The summed E-state index contributed by atoms with van der Waals surface area (Å²) in [5, 5.41) is 8.20. The lowest BCUT2D eigenvalue weighted by molar-refractivity contribution is -0.142. The summed E-state index contributed by atoms with van der Waals surface area (Å²) in [7, 11) is -3.64. The van der Waals surface area contributed by atoms with Crippen LogP contribution in [0.3, 0.4) is 0 Å². The van der Waals surface area contributed by atoms with Crippen molar-refractivity contribution in [3.63, 3.8) is 0 Å². The first kappa shape index (κ1) is 15.6. The van der Waals surface area contributed by atoms with Crippen molar-refractivity contribution in [3.05, 3.63) is 28.7 Å². The SMILES string of the molecule is N#CCOC(=O)CCNS(=O)(=O)c1ccc(Br)cc1. The van der Waals surface area contributed by atoms with E-state index in [1.54, 1.807) is 18.2 Å². The molecule has 0 fully saturated rings. The smallest absolute Gasteiger partial charge is 0.308 e. The van der Waals surface area contributed by atoms with Gasteiger partial charge in [-0.25, -0.2) is 13.1 Å². The highest BCUT2D eigenvalue weighted by Crippen LogP contribution is 2.14. The van der Waals surface area contributed by atoms with Gasteiger partial charge in [0, 0.05) is 11.0 Å². The molecule has 1 aromatic carbocycles. The van der Waals surface area contributed by atoms with Crippen molar-refractivity contribution >= 4 is 31.9 Å². The van der Waals surface area contributed by atoms with Gasteiger partial charge in [0.05, 0.1) is 11.3 Å². The van der Waals surface area contributed by atoms with E-state index in [0.717, 1.165) is 4.47 Å². The topological polar surface area (TPSA) is 96.3 Å². The highest BCUT2D eigenvalue weighted by Gasteiger charge is 2.14. The third kappa shape index (κ3) is 5.38. The summed E-state index contributed by atoms with van der Waals surface area (Å²) in [4.78, 5) is 11.2. The van der Waals surface area contributed by atoms with Crippen LogP contribution < -0.4 is 4.72 Å². The van der Waals surface area contributed by atoms with E-state index in [-0.39, 0.29) is 24.5 Å². The van der Waals surface area contributed by atoms with Gasteiger partial charge in [0.15, 0.2) is 6.61 Å². The van der Waals surface area contributed by atoms with Gasteiger partial charge in [0.1, 0.15) is 6.07 Å². The number of hydrogen-bond donors (Lipinski definition) is 1. The van der Waals surface area contributed by atoms with E-state index in [1.165, 1.54) is 12.1 Å². The van der Waals surface area contributed by atoms with E-state index in [4.69, 9.17) is 5.26 Å². The van der Waals surface area contributed by atoms with E-state index >= 15 is 0 Å². The molecule has 0 atom stereocenters. The minimum absolute atomic E-state index is 0.0807. The van der Waals surface area contributed by atoms with Crippen LogP contribution in [0, 0.1) is 11.3 Å². The van der Waals surface area contributed by atoms with Crippen LogP contribution in [-0.4, -0.2) is 27.5 Å². The molecule has 6 nitrogen and oxygen atoms in total. The molecule has 0 aliphatic rings. The first-order chi connectivity index (χ1) is 8.95. The van der Waals surface area contributed by atoms with Gasteiger partial charge in [-0.15, -0.1) is 0 Å². The molecule has 0 aliphatic carbocycles. The van der Waals surface area contributed by atoms with E-state index in [9.17, 15) is 13.2 Å². The van der Waals surface area contributed by atoms with Gasteiger partial charge in [-0.2, -0.15) is 5.26 Å². The quantitative estimate of drug-likeness (QED) is 0.780. The molecule has 0 unspecified atom stereocenters. The molecular weight excluding hydrogens is 336 g/mol. The van der Waals surface area contributed by atoms with Gasteiger partial charge in [-0.3, -0.25) is 4.79 Å². The molecular formula is C11H11BrN2O4S. The first-order valence-corrected chi connectivity index (χ1v) is 7.51. The van der Waals surface area contributed by atoms with E-state index in [2.05, 4.69) is 25.4 Å². The Balaban J connectivity index is 2.50. The molecule has 0 bridgehead atoms. The molecule has 0 saturated heterocycles. The van der Waals surface area contributed by atoms with Gasteiger partial charge in [-0.05, 0) is 24.3 Å². The summed E-state index contributed by atoms with van der Waals surface area (Å²) in [5.41, 5.74) is 0. The molecule has 0 aliphatic heterocycles. The first-order valence-electron chi connectivity index (χ1n) is 5.23. The molecule has 0 amide bonds. The Labute approximate surface area is 119 Å². The summed E-state index contributed by atoms with van der Waals surface area (Å²) in [6.07, 6.45) is -0.128. The second kappa shape index (κ2) is 7.23. The van der Waals surface area contributed by atoms with Crippen molar-refractivity contribution in [2.75, 3.05) is 13.2 Å². The predicted octanol–water partition coefficient (Wildman–Crippen LogP) is 1.18. The molecule has 102 valence electrons. The number of halogens is 1. The Bertz CT molecular complexity index is 578. The van der Waals surface area contributed by atoms with Crippen molar-refractivity contribution in [1.82, 2.24) is 4.72 Å². The lowest BCUT2D eigenvalue weighted by Gasteiger charge is -2.06. The van der Waals surface area contributed by atoms with Crippen LogP contribution in [0.5, 0.6) is 0 Å². The zero-order chi connectivity index (χ0) is 14.3. The zero-order valence-electron chi connectivity index (χ0n) is 9.80. The monoisotopic (exact) mass is 346 g/mol. The van der Waals surface area contributed by atoms with Crippen LogP contribution in [0.4, 0.5) is 0 Å². The Morgan fingerprint density at radius 1 is 1.37 bits per heavy atom. The highest BCUT2D eigenvalue weighted by molar-refractivity contribution is 9.10. The maximum atomic E-state index is 11.8. The fourth-order valence-corrected chi connectivity index (χ4v) is 2.47. The number of nitrogens with zero attached hydrogens (tertiary/aromatic N) is 1. The Hall–Kier alpha value is -1.43. The van der Waals surface area contributed by atoms with Crippen LogP contribution in [0.2, 0.25) is 0 Å². The molecule has 0 saturated carbocycles. The number of nitriles is 1. The van der Waals surface area contributed by atoms with Crippen molar-refractivity contribution in [3.8, 4) is 6.07 Å². The second-order valence-corrected chi connectivity index (χ2v) is 6.10. The third-order valence-corrected chi connectivity index (χ3v) is 4.05. The molecule has 0 radical (unpaired) electrons. The van der Waals surface area contributed by atoms with Gasteiger partial charge in [-0.1, -0.05) is 15.9 Å². The normalized spacial score (nSPS) is 10.7. The number of ether oxygens (including phenoxy) is 1. The Morgan fingerprint density at radius 2 is 2.00 bits per heavy atom. The van der Waals surface area contributed by atoms with Crippen molar-refractivity contribution in [2.24, 2.45) is 0 Å². The number of esters is 1. The summed E-state index contributed by atoms with van der Waals surface area (Å²) >= 11 is 3.21. The van der Waals surface area contributed by atoms with Crippen LogP contribution in [0.15, 0.2) is 33.6 Å². The van der Waals surface area contributed by atoms with Crippen LogP contribution in [0.25, 0.3) is 0 Å². The van der Waals surface area contributed by atoms with Crippen LogP contribution >= 0.6 is 15.9 Å². The molecule has 0 aromatic heterocycles. The van der Waals surface area contributed by atoms with E-state index in [1.807, 2.05) is 0 Å². The summed E-state index contributed by atoms with van der Waals surface area (Å²) < 4.78 is 31.1. The number of nitrogens with one attached hydrogen (secondary N) is 1. The lowest BCUT2D eigenvalue weighted by atomic mass is 10.4. The number of carbonyl (C=O) groups excluding carboxylic acids is 1. The lowest BCUT2D eigenvalue weighted by Crippen LogP contribution is -2.26. The number of rotatable bonds is 6. The maximum Gasteiger partial charge on any atom is 0.308 e. The summed E-state index contributed by atoms with van der Waals surface area (Å²) in [6.45, 7) is -0.416. The molecule has 1 N–H and O–H groups in total. The zero-order valence-corrected chi connectivity index (χ0v) is 12.2. The molecule has 1 rings (SSSR count). The number of hydrogen-bond acceptors (Lipinski definition) is 5. The molecule has 0 spiro atoms. The summed E-state index contributed by atoms with van der Waals surface area (Å²) in [6, 6.07) is 7.75. The molecule has 1 aromatic rings. The van der Waals surface area contributed by atoms with Crippen molar-refractivity contribution in [2.45, 2.75) is 11.3 Å². The summed E-state index contributed by atoms with van der Waals surface area (Å²) in [5.74, 6) is -0.625. The highest BCUT2D eigenvalue weighted by atomic mass is 79.9. The van der Waals surface area contributed by atoms with Crippen LogP contribution in [-0.2, 0) is 19.6 Å². The van der Waals surface area contributed by atoms with Crippen LogP contribution in [0.1, 0.15) is 6.42 Å². The van der Waals surface area contributed by atoms with E-state index in [0.29, 0.717) is 0 Å². The van der Waals surface area contributed by atoms with Crippen molar-refractivity contribution in [1.29, 1.82) is 5.26 Å². The molecule has 19 heavy (non-hydrogen) atoms. The predicted molar refractivity (Wildman–Crippen MR) is 70.5 cm³/mol. The fraction of sp³-hybridized carbons (Fsp3) is 0.273. The largest absolute Gasteiger partial charge is 0.450 e. The third-order valence-electron chi connectivity index (χ3n) is 2.04. The van der Waals surface area contributed by atoms with Gasteiger partial charge in [0.2, 0.25) is 10.0 Å². The minimum atomic E-state index is -3.64. The second-order valence-electron chi connectivity index (χ2n) is 3.42. The number of benzene rings is 1. The fourth-order valence-electron chi connectivity index (χ4n) is 1.17. The van der Waals surface area contributed by atoms with Gasteiger partial charge >= 0.3 is 5.97 Å². The maximum absolute atomic E-state index is 11.8. The van der Waals surface area contributed by atoms with Crippen molar-refractivity contribution < 1.29 is 17.9 Å². The Kier molecular flexibility index (Phi) is 5.95. The van der Waals surface area contributed by atoms with Gasteiger partial charge in [0.25, 0.3) is 0 Å². The van der Waals surface area contributed by atoms with E-state index < -0.39 is 16.0 Å². The Morgan fingerprint density at radius 3 is 2.58 bits per heavy atom. The average Bonchev–Trinajstić information content (AvgIpc) is 2.36. The molecule has 8 heteroatoms.